The van der Waals surface area contributed by atoms with Crippen molar-refractivity contribution in [3.63, 3.8) is 0 Å². The molecule has 6 nitrogen and oxygen atoms in total. The van der Waals surface area contributed by atoms with E-state index < -0.39 is 5.97 Å². The van der Waals surface area contributed by atoms with Crippen LogP contribution in [-0.4, -0.2) is 62.3 Å². The molecule has 0 aromatic rings. The molecule has 2 N–H and O–H groups in total. The topological polar surface area (TPSA) is 78.9 Å². The lowest BCUT2D eigenvalue weighted by molar-refractivity contribution is -0.137. The van der Waals surface area contributed by atoms with Crippen LogP contribution < -0.4 is 5.32 Å². The number of nitrogens with zero attached hydrogens (tertiary/aromatic N) is 1. The Morgan fingerprint density at radius 1 is 1.47 bits per heavy atom. The predicted octanol–water partition coefficient (Wildman–Crippen LogP) is -0.844. The van der Waals surface area contributed by atoms with Crippen LogP contribution in [0.1, 0.15) is 6.42 Å². The molecule has 0 saturated carbocycles. The summed E-state index contributed by atoms with van der Waals surface area (Å²) in [4.78, 5) is 23.1. The minimum atomic E-state index is -0.860. The van der Waals surface area contributed by atoms with Crippen molar-refractivity contribution in [1.82, 2.24) is 10.2 Å². The number of ether oxygens (including phenoxy) is 1. The van der Waals surface area contributed by atoms with Crippen LogP contribution in [0.5, 0.6) is 0 Å². The van der Waals surface area contributed by atoms with Gasteiger partial charge in [0.25, 0.3) is 0 Å². The lowest BCUT2D eigenvalue weighted by atomic mass is 10.4. The summed E-state index contributed by atoms with van der Waals surface area (Å²) >= 11 is 0. The molecular formula is C9H18N2O4. The number of likely N-dealkylation sites (N-methyl/N-ethyl adjacent to an activating group) is 1. The van der Waals surface area contributed by atoms with E-state index in [1.54, 1.807) is 19.1 Å². The molecule has 0 spiro atoms. The van der Waals surface area contributed by atoms with Crippen molar-refractivity contribution in [2.45, 2.75) is 6.42 Å². The molecule has 0 heterocycles. The van der Waals surface area contributed by atoms with Crippen LogP contribution in [0.2, 0.25) is 0 Å². The molecule has 0 aliphatic heterocycles. The molecule has 0 unspecified atom stereocenters. The average molecular weight is 218 g/mol. The zero-order valence-electron chi connectivity index (χ0n) is 9.15. The predicted molar refractivity (Wildman–Crippen MR) is 54.6 cm³/mol. The third-order valence-corrected chi connectivity index (χ3v) is 1.75. The van der Waals surface area contributed by atoms with Crippen LogP contribution >= 0.6 is 0 Å². The molecule has 0 atom stereocenters. The Kier molecular flexibility index (Phi) is 7.57. The van der Waals surface area contributed by atoms with Gasteiger partial charge in [-0.2, -0.15) is 0 Å². The third kappa shape index (κ3) is 9.17. The van der Waals surface area contributed by atoms with Crippen LogP contribution in [0, 0.1) is 0 Å². The molecule has 0 aliphatic rings. The van der Waals surface area contributed by atoms with E-state index in [9.17, 15) is 9.59 Å². The van der Waals surface area contributed by atoms with Crippen molar-refractivity contribution in [1.29, 1.82) is 0 Å². The number of hydrogen-bond donors (Lipinski definition) is 2. The van der Waals surface area contributed by atoms with E-state index in [0.29, 0.717) is 19.7 Å². The summed E-state index contributed by atoms with van der Waals surface area (Å²) in [5.74, 6) is -0.985. The van der Waals surface area contributed by atoms with E-state index in [2.05, 4.69) is 5.32 Å². The lowest BCUT2D eigenvalue weighted by Gasteiger charge is -2.14. The van der Waals surface area contributed by atoms with E-state index >= 15 is 0 Å². The molecule has 0 bridgehead atoms. The quantitative estimate of drug-likeness (QED) is 0.519. The second-order valence-corrected chi connectivity index (χ2v) is 3.22. The monoisotopic (exact) mass is 218 g/mol. The number of hydrogen-bond acceptors (Lipinski definition) is 4. The van der Waals surface area contributed by atoms with Gasteiger partial charge < -0.3 is 15.2 Å². The van der Waals surface area contributed by atoms with E-state index in [4.69, 9.17) is 9.84 Å². The highest BCUT2D eigenvalue weighted by molar-refractivity contribution is 5.78. The molecule has 0 rings (SSSR count). The lowest BCUT2D eigenvalue weighted by Crippen LogP contribution is -2.37. The second kappa shape index (κ2) is 8.19. The Morgan fingerprint density at radius 3 is 2.67 bits per heavy atom. The van der Waals surface area contributed by atoms with E-state index in [1.165, 1.54) is 0 Å². The molecule has 0 aliphatic carbocycles. The normalized spacial score (nSPS) is 10.3. The van der Waals surface area contributed by atoms with Gasteiger partial charge in [0.1, 0.15) is 0 Å². The maximum Gasteiger partial charge on any atom is 0.304 e. The van der Waals surface area contributed by atoms with Crippen molar-refractivity contribution in [2.24, 2.45) is 0 Å². The summed E-state index contributed by atoms with van der Waals surface area (Å²) in [5.41, 5.74) is 0. The van der Waals surface area contributed by atoms with Crippen LogP contribution in [0.25, 0.3) is 0 Å². The number of carbonyl (C=O) groups excluding carboxylic acids is 1. The van der Waals surface area contributed by atoms with Gasteiger partial charge in [0.2, 0.25) is 5.91 Å². The summed E-state index contributed by atoms with van der Waals surface area (Å²) in [5, 5.41) is 11.1. The maximum absolute atomic E-state index is 11.2. The van der Waals surface area contributed by atoms with Gasteiger partial charge in [-0.15, -0.1) is 0 Å². The molecule has 0 aromatic carbocycles. The average Bonchev–Trinajstić information content (AvgIpc) is 2.15. The standard InChI is InChI=1S/C9H18N2O4/c1-11(5-3-9(13)14)7-8(12)10-4-6-15-2/h3-7H2,1-2H3,(H,10,12)(H,13,14). The van der Waals surface area contributed by atoms with Gasteiger partial charge in [0.05, 0.1) is 19.6 Å². The molecule has 0 aromatic heterocycles. The number of amides is 1. The molecule has 15 heavy (non-hydrogen) atoms. The number of carboxylic acid groups (broad SMARTS) is 1. The Labute approximate surface area is 89.2 Å². The molecule has 0 fully saturated rings. The van der Waals surface area contributed by atoms with Gasteiger partial charge in [-0.3, -0.25) is 14.5 Å². The Morgan fingerprint density at radius 2 is 2.13 bits per heavy atom. The van der Waals surface area contributed by atoms with Crippen LogP contribution in [0.3, 0.4) is 0 Å². The summed E-state index contributed by atoms with van der Waals surface area (Å²) in [6.45, 7) is 1.52. The molecule has 6 heteroatoms. The van der Waals surface area contributed by atoms with Gasteiger partial charge in [-0.1, -0.05) is 0 Å². The van der Waals surface area contributed by atoms with E-state index in [-0.39, 0.29) is 18.9 Å². The summed E-state index contributed by atoms with van der Waals surface area (Å²) in [7, 11) is 3.27. The Hall–Kier alpha value is -1.14. The van der Waals surface area contributed by atoms with Crippen molar-refractivity contribution < 1.29 is 19.4 Å². The largest absolute Gasteiger partial charge is 0.481 e. The zero-order chi connectivity index (χ0) is 11.7. The first-order valence-corrected chi connectivity index (χ1v) is 4.72. The molecule has 1 amide bonds. The smallest absolute Gasteiger partial charge is 0.304 e. The van der Waals surface area contributed by atoms with Crippen LogP contribution in [0.15, 0.2) is 0 Å². The van der Waals surface area contributed by atoms with Gasteiger partial charge in [-0.25, -0.2) is 0 Å². The number of methoxy groups -OCH3 is 1. The summed E-state index contributed by atoms with van der Waals surface area (Å²) in [6, 6.07) is 0. The summed E-state index contributed by atoms with van der Waals surface area (Å²) < 4.78 is 4.77. The van der Waals surface area contributed by atoms with Gasteiger partial charge >= 0.3 is 5.97 Å². The number of nitrogens with one attached hydrogen (secondary N) is 1. The third-order valence-electron chi connectivity index (χ3n) is 1.75. The number of carboxylic acids is 1. The highest BCUT2D eigenvalue weighted by Gasteiger charge is 2.07. The van der Waals surface area contributed by atoms with Crippen LogP contribution in [0.4, 0.5) is 0 Å². The fraction of sp³-hybridized carbons (Fsp3) is 0.778. The second-order valence-electron chi connectivity index (χ2n) is 3.22. The number of carbonyl (C=O) groups is 2. The molecular weight excluding hydrogens is 200 g/mol. The Bertz CT molecular complexity index is 208. The fourth-order valence-electron chi connectivity index (χ4n) is 0.959. The van der Waals surface area contributed by atoms with Gasteiger partial charge in [0, 0.05) is 20.2 Å². The zero-order valence-corrected chi connectivity index (χ0v) is 9.15. The Balaban J connectivity index is 3.53. The van der Waals surface area contributed by atoms with Gasteiger partial charge in [-0.05, 0) is 7.05 Å². The van der Waals surface area contributed by atoms with Crippen molar-refractivity contribution >= 4 is 11.9 Å². The highest BCUT2D eigenvalue weighted by Crippen LogP contribution is 1.87. The van der Waals surface area contributed by atoms with Gasteiger partial charge in [0.15, 0.2) is 0 Å². The fourth-order valence-corrected chi connectivity index (χ4v) is 0.959. The minimum Gasteiger partial charge on any atom is -0.481 e. The maximum atomic E-state index is 11.2. The molecule has 0 saturated heterocycles. The summed E-state index contributed by atoms with van der Waals surface area (Å²) in [6.07, 6.45) is 0.0435. The van der Waals surface area contributed by atoms with E-state index in [1.807, 2.05) is 0 Å². The highest BCUT2D eigenvalue weighted by atomic mass is 16.5. The van der Waals surface area contributed by atoms with E-state index in [0.717, 1.165) is 0 Å². The first-order valence-electron chi connectivity index (χ1n) is 4.72. The minimum absolute atomic E-state index is 0.0435. The first kappa shape index (κ1) is 13.9. The van der Waals surface area contributed by atoms with Crippen molar-refractivity contribution in [3.8, 4) is 0 Å². The molecule has 88 valence electrons. The first-order chi connectivity index (χ1) is 7.06. The SMILES string of the molecule is COCCNC(=O)CN(C)CCC(=O)O. The van der Waals surface area contributed by atoms with Crippen molar-refractivity contribution in [3.05, 3.63) is 0 Å². The van der Waals surface area contributed by atoms with Crippen LogP contribution in [-0.2, 0) is 14.3 Å². The number of rotatable bonds is 8. The number of aliphatic carboxylic acids is 1. The van der Waals surface area contributed by atoms with Crippen molar-refractivity contribution in [2.75, 3.05) is 40.4 Å². The molecule has 0 radical (unpaired) electrons.